The molecule has 1 unspecified atom stereocenters. The maximum Gasteiger partial charge on any atom is 0.407 e. The first-order chi connectivity index (χ1) is 10.8. The first kappa shape index (κ1) is 16.6. The van der Waals surface area contributed by atoms with E-state index in [4.69, 9.17) is 16.3 Å². The van der Waals surface area contributed by atoms with Crippen molar-refractivity contribution in [1.82, 2.24) is 10.6 Å². The summed E-state index contributed by atoms with van der Waals surface area (Å²) in [6.45, 7) is 5.63. The average Bonchev–Trinajstić information content (AvgIpc) is 2.75. The Kier molecular flexibility index (Phi) is 4.56. The summed E-state index contributed by atoms with van der Waals surface area (Å²) in [7, 11) is 0. The Morgan fingerprint density at radius 3 is 2.52 bits per heavy atom. The summed E-state index contributed by atoms with van der Waals surface area (Å²) < 4.78 is 5.28. The molecule has 0 aliphatic heterocycles. The number of halogens is 1. The van der Waals surface area contributed by atoms with E-state index >= 15 is 0 Å². The Morgan fingerprint density at radius 1 is 1.13 bits per heavy atom. The van der Waals surface area contributed by atoms with Gasteiger partial charge in [0.2, 0.25) is 0 Å². The molecule has 0 saturated heterocycles. The maximum absolute atomic E-state index is 11.7. The second-order valence-corrected chi connectivity index (χ2v) is 8.13. The van der Waals surface area contributed by atoms with Crippen LogP contribution in [0, 0.1) is 0 Å². The Balaban J connectivity index is 1.39. The zero-order chi connectivity index (χ0) is 16.6. The molecule has 1 amide bonds. The summed E-state index contributed by atoms with van der Waals surface area (Å²) in [5.41, 5.74) is 2.31. The number of hydrogen-bond donors (Lipinski definition) is 2. The van der Waals surface area contributed by atoms with E-state index in [0.29, 0.717) is 12.1 Å². The molecular weight excluding hydrogens is 312 g/mol. The molecule has 0 bridgehead atoms. The van der Waals surface area contributed by atoms with Crippen molar-refractivity contribution in [2.45, 2.75) is 70.2 Å². The van der Waals surface area contributed by atoms with Gasteiger partial charge in [-0.2, -0.15) is 0 Å². The minimum atomic E-state index is -0.442. The van der Waals surface area contributed by atoms with Crippen molar-refractivity contribution >= 4 is 17.7 Å². The Hall–Kier alpha value is -1.26. The van der Waals surface area contributed by atoms with Gasteiger partial charge in [-0.3, -0.25) is 0 Å². The molecule has 1 aromatic carbocycles. The largest absolute Gasteiger partial charge is 0.444 e. The third-order valence-electron chi connectivity index (χ3n) is 4.43. The topological polar surface area (TPSA) is 50.4 Å². The standard InChI is InChI=1S/C18H25ClN2O2/c1-18(2,3)23-17(22)21-16-9-15(10-16)20-14-7-11-4-5-13(19)6-12(11)8-14/h4-6,14-16,20H,7-10H2,1-3H3,(H,21,22). The van der Waals surface area contributed by atoms with E-state index in [1.54, 1.807) is 0 Å². The van der Waals surface area contributed by atoms with Gasteiger partial charge in [-0.25, -0.2) is 4.79 Å². The number of benzene rings is 1. The fraction of sp³-hybridized carbons (Fsp3) is 0.611. The number of carbonyl (C=O) groups excluding carboxylic acids is 1. The zero-order valence-corrected chi connectivity index (χ0v) is 14.7. The number of ether oxygens (including phenoxy) is 1. The van der Waals surface area contributed by atoms with Gasteiger partial charge < -0.3 is 15.4 Å². The molecule has 1 atom stereocenters. The lowest BCUT2D eigenvalue weighted by molar-refractivity contribution is 0.0463. The Bertz CT molecular complexity index is 591. The van der Waals surface area contributed by atoms with E-state index in [0.717, 1.165) is 30.7 Å². The molecule has 0 aromatic heterocycles. The number of alkyl carbamates (subject to hydrolysis) is 1. The van der Waals surface area contributed by atoms with E-state index in [1.807, 2.05) is 26.8 Å². The van der Waals surface area contributed by atoms with Crippen LogP contribution in [0.2, 0.25) is 5.02 Å². The van der Waals surface area contributed by atoms with Gasteiger partial charge in [0, 0.05) is 23.1 Å². The molecule has 5 heteroatoms. The monoisotopic (exact) mass is 336 g/mol. The van der Waals surface area contributed by atoms with Crippen molar-refractivity contribution in [2.75, 3.05) is 0 Å². The van der Waals surface area contributed by atoms with Crippen LogP contribution in [-0.2, 0) is 17.6 Å². The van der Waals surface area contributed by atoms with Crippen LogP contribution in [0.4, 0.5) is 4.79 Å². The first-order valence-electron chi connectivity index (χ1n) is 8.31. The van der Waals surface area contributed by atoms with Crippen LogP contribution in [-0.4, -0.2) is 29.8 Å². The van der Waals surface area contributed by atoms with Gasteiger partial charge in [-0.15, -0.1) is 0 Å². The second-order valence-electron chi connectivity index (χ2n) is 7.70. The lowest BCUT2D eigenvalue weighted by atomic mass is 9.86. The number of carbonyl (C=O) groups is 1. The van der Waals surface area contributed by atoms with Crippen LogP contribution in [0.15, 0.2) is 18.2 Å². The second kappa shape index (κ2) is 6.33. The third kappa shape index (κ3) is 4.39. The lowest BCUT2D eigenvalue weighted by Crippen LogP contribution is -2.55. The van der Waals surface area contributed by atoms with Gasteiger partial charge in [0.05, 0.1) is 0 Å². The Morgan fingerprint density at radius 2 is 1.83 bits per heavy atom. The van der Waals surface area contributed by atoms with Crippen LogP contribution >= 0.6 is 11.6 Å². The third-order valence-corrected chi connectivity index (χ3v) is 4.67. The predicted molar refractivity (Wildman–Crippen MR) is 92.0 cm³/mol. The van der Waals surface area contributed by atoms with Gasteiger partial charge in [0.15, 0.2) is 0 Å². The quantitative estimate of drug-likeness (QED) is 0.888. The van der Waals surface area contributed by atoms with Crippen molar-refractivity contribution in [1.29, 1.82) is 0 Å². The highest BCUT2D eigenvalue weighted by Crippen LogP contribution is 2.28. The SMILES string of the molecule is CC(C)(C)OC(=O)NC1CC(NC2Cc3ccc(Cl)cc3C2)C1. The normalized spacial score (nSPS) is 26.3. The molecule has 2 aliphatic carbocycles. The molecule has 23 heavy (non-hydrogen) atoms. The van der Waals surface area contributed by atoms with Crippen molar-refractivity contribution < 1.29 is 9.53 Å². The lowest BCUT2D eigenvalue weighted by Gasteiger charge is -2.38. The summed E-state index contributed by atoms with van der Waals surface area (Å²) in [6.07, 6.45) is 3.72. The number of rotatable bonds is 3. The fourth-order valence-corrected chi connectivity index (χ4v) is 3.58. The highest BCUT2D eigenvalue weighted by molar-refractivity contribution is 6.30. The van der Waals surface area contributed by atoms with E-state index in [2.05, 4.69) is 22.8 Å². The van der Waals surface area contributed by atoms with E-state index in [-0.39, 0.29) is 12.1 Å². The Labute approximate surface area is 142 Å². The van der Waals surface area contributed by atoms with Crippen molar-refractivity contribution in [2.24, 2.45) is 0 Å². The van der Waals surface area contributed by atoms with Crippen molar-refractivity contribution in [3.05, 3.63) is 34.3 Å². The van der Waals surface area contributed by atoms with Crippen LogP contribution in [0.25, 0.3) is 0 Å². The van der Waals surface area contributed by atoms with Gasteiger partial charge in [0.1, 0.15) is 5.60 Å². The summed E-state index contributed by atoms with van der Waals surface area (Å²) >= 11 is 6.06. The van der Waals surface area contributed by atoms with Gasteiger partial charge >= 0.3 is 6.09 Å². The predicted octanol–water partition coefficient (Wildman–Crippen LogP) is 3.45. The highest BCUT2D eigenvalue weighted by atomic mass is 35.5. The highest BCUT2D eigenvalue weighted by Gasteiger charge is 2.34. The molecule has 4 nitrogen and oxygen atoms in total. The van der Waals surface area contributed by atoms with Gasteiger partial charge in [-0.05, 0) is 69.7 Å². The van der Waals surface area contributed by atoms with Crippen LogP contribution in [0.5, 0.6) is 0 Å². The molecule has 2 aliphatic rings. The van der Waals surface area contributed by atoms with E-state index < -0.39 is 5.60 Å². The molecule has 0 heterocycles. The average molecular weight is 337 g/mol. The number of fused-ring (bicyclic) bond motifs is 1. The number of amides is 1. The maximum atomic E-state index is 11.7. The molecule has 2 N–H and O–H groups in total. The molecule has 0 spiro atoms. The molecule has 1 fully saturated rings. The molecule has 3 rings (SSSR count). The summed E-state index contributed by atoms with van der Waals surface area (Å²) in [5.74, 6) is 0. The fourth-order valence-electron chi connectivity index (χ4n) is 3.38. The number of hydrogen-bond acceptors (Lipinski definition) is 3. The van der Waals surface area contributed by atoms with Gasteiger partial charge in [-0.1, -0.05) is 17.7 Å². The van der Waals surface area contributed by atoms with E-state index in [9.17, 15) is 4.79 Å². The van der Waals surface area contributed by atoms with Gasteiger partial charge in [0.25, 0.3) is 0 Å². The van der Waals surface area contributed by atoms with Crippen LogP contribution in [0.3, 0.4) is 0 Å². The molecule has 1 saturated carbocycles. The minimum Gasteiger partial charge on any atom is -0.444 e. The van der Waals surface area contributed by atoms with Crippen LogP contribution < -0.4 is 10.6 Å². The van der Waals surface area contributed by atoms with Crippen LogP contribution in [0.1, 0.15) is 44.7 Å². The smallest absolute Gasteiger partial charge is 0.407 e. The zero-order valence-electron chi connectivity index (χ0n) is 14.0. The molecule has 126 valence electrons. The summed E-state index contributed by atoms with van der Waals surface area (Å²) in [4.78, 5) is 11.7. The number of nitrogens with one attached hydrogen (secondary N) is 2. The molecule has 1 aromatic rings. The summed E-state index contributed by atoms with van der Waals surface area (Å²) in [5, 5.41) is 7.45. The first-order valence-corrected chi connectivity index (χ1v) is 8.69. The summed E-state index contributed by atoms with van der Waals surface area (Å²) in [6, 6.07) is 7.35. The van der Waals surface area contributed by atoms with E-state index in [1.165, 1.54) is 11.1 Å². The molecule has 0 radical (unpaired) electrons. The molecular formula is C18H25ClN2O2. The van der Waals surface area contributed by atoms with Crippen molar-refractivity contribution in [3.63, 3.8) is 0 Å². The van der Waals surface area contributed by atoms with Crippen molar-refractivity contribution in [3.8, 4) is 0 Å². The minimum absolute atomic E-state index is 0.223.